The fourth-order valence-corrected chi connectivity index (χ4v) is 1.74. The molecule has 0 fully saturated rings. The lowest BCUT2D eigenvalue weighted by atomic mass is 10.0. The zero-order valence-electron chi connectivity index (χ0n) is 10.7. The predicted octanol–water partition coefficient (Wildman–Crippen LogP) is 3.28. The highest BCUT2D eigenvalue weighted by Crippen LogP contribution is 2.06. The largest absolute Gasteiger partial charge is 0.266 e. The first-order valence-electron chi connectivity index (χ1n) is 6.33. The number of H-pyrrole nitrogens is 1. The van der Waals surface area contributed by atoms with Crippen molar-refractivity contribution in [3.63, 3.8) is 0 Å². The van der Waals surface area contributed by atoms with Crippen molar-refractivity contribution in [1.82, 2.24) is 15.4 Å². The molecule has 1 N–H and O–H groups in total. The summed E-state index contributed by atoms with van der Waals surface area (Å²) in [4.78, 5) is 0. The van der Waals surface area contributed by atoms with Gasteiger partial charge in [-0.3, -0.25) is 5.10 Å². The summed E-state index contributed by atoms with van der Waals surface area (Å²) in [6, 6.07) is 21.2. The van der Waals surface area contributed by atoms with Gasteiger partial charge in [-0.1, -0.05) is 65.9 Å². The fourth-order valence-electron chi connectivity index (χ4n) is 1.74. The Kier molecular flexibility index (Phi) is 5.36. The smallest absolute Gasteiger partial charge is 0.0690 e. The molecule has 2 aromatic carbocycles. The molecule has 0 amide bonds. The average molecular weight is 251 g/mol. The SMILES string of the molecule is c1c[nH]nn1.c1ccc(CCc2ccccc2)cc1. The Morgan fingerprint density at radius 1 is 0.737 bits per heavy atom. The maximum Gasteiger partial charge on any atom is 0.0690 e. The maximum atomic E-state index is 3.42. The maximum absolute atomic E-state index is 3.42. The first-order valence-corrected chi connectivity index (χ1v) is 6.33. The molecule has 1 heterocycles. The van der Waals surface area contributed by atoms with Gasteiger partial charge in [0, 0.05) is 6.20 Å². The molecule has 19 heavy (non-hydrogen) atoms. The van der Waals surface area contributed by atoms with Crippen LogP contribution in [-0.2, 0) is 12.8 Å². The summed E-state index contributed by atoms with van der Waals surface area (Å²) in [5, 5.41) is 9.26. The molecule has 0 unspecified atom stereocenters. The molecule has 96 valence electrons. The molecule has 0 atom stereocenters. The Bertz CT molecular complexity index is 476. The molecule has 0 spiro atoms. The number of hydrogen-bond acceptors (Lipinski definition) is 2. The number of rotatable bonds is 3. The summed E-state index contributed by atoms with van der Waals surface area (Å²) < 4.78 is 0. The lowest BCUT2D eigenvalue weighted by Crippen LogP contribution is -1.89. The van der Waals surface area contributed by atoms with E-state index in [4.69, 9.17) is 0 Å². The van der Waals surface area contributed by atoms with Crippen molar-refractivity contribution in [3.05, 3.63) is 84.2 Å². The van der Waals surface area contributed by atoms with Gasteiger partial charge in [0.2, 0.25) is 0 Å². The molecule has 0 aliphatic carbocycles. The minimum Gasteiger partial charge on any atom is -0.266 e. The van der Waals surface area contributed by atoms with E-state index in [0.29, 0.717) is 0 Å². The van der Waals surface area contributed by atoms with Crippen molar-refractivity contribution in [2.45, 2.75) is 12.8 Å². The van der Waals surface area contributed by atoms with Crippen LogP contribution in [0.2, 0.25) is 0 Å². The second-order valence-corrected chi connectivity index (χ2v) is 4.13. The molecule has 0 radical (unpaired) electrons. The number of nitrogens with one attached hydrogen (secondary N) is 1. The third kappa shape index (κ3) is 5.17. The molecule has 3 rings (SSSR count). The van der Waals surface area contributed by atoms with Gasteiger partial charge in [-0.05, 0) is 24.0 Å². The highest BCUT2D eigenvalue weighted by atomic mass is 15.3. The average Bonchev–Trinajstić information content (AvgIpc) is 3.07. The van der Waals surface area contributed by atoms with Crippen LogP contribution in [0.5, 0.6) is 0 Å². The highest BCUT2D eigenvalue weighted by Gasteiger charge is 1.93. The monoisotopic (exact) mass is 251 g/mol. The Morgan fingerprint density at radius 3 is 1.58 bits per heavy atom. The summed E-state index contributed by atoms with van der Waals surface area (Å²) in [5.74, 6) is 0. The summed E-state index contributed by atoms with van der Waals surface area (Å²) >= 11 is 0. The fraction of sp³-hybridized carbons (Fsp3) is 0.125. The number of aromatic amines is 1. The predicted molar refractivity (Wildman–Crippen MR) is 76.7 cm³/mol. The van der Waals surface area contributed by atoms with Crippen molar-refractivity contribution >= 4 is 0 Å². The van der Waals surface area contributed by atoms with Crippen molar-refractivity contribution in [3.8, 4) is 0 Å². The number of hydrogen-bond donors (Lipinski definition) is 1. The minimum absolute atomic E-state index is 1.13. The third-order valence-electron chi connectivity index (χ3n) is 2.72. The van der Waals surface area contributed by atoms with Crippen LogP contribution in [0.3, 0.4) is 0 Å². The second kappa shape index (κ2) is 7.82. The van der Waals surface area contributed by atoms with Gasteiger partial charge in [0.15, 0.2) is 0 Å². The zero-order valence-corrected chi connectivity index (χ0v) is 10.7. The van der Waals surface area contributed by atoms with Crippen LogP contribution >= 0.6 is 0 Å². The molecule has 3 nitrogen and oxygen atoms in total. The molecule has 0 aliphatic rings. The number of aryl methyl sites for hydroxylation is 2. The molecule has 0 saturated heterocycles. The van der Waals surface area contributed by atoms with E-state index in [2.05, 4.69) is 76.1 Å². The van der Waals surface area contributed by atoms with Gasteiger partial charge in [-0.25, -0.2) is 0 Å². The van der Waals surface area contributed by atoms with Crippen molar-refractivity contribution in [1.29, 1.82) is 0 Å². The lowest BCUT2D eigenvalue weighted by Gasteiger charge is -2.01. The van der Waals surface area contributed by atoms with E-state index in [-0.39, 0.29) is 0 Å². The van der Waals surface area contributed by atoms with E-state index < -0.39 is 0 Å². The van der Waals surface area contributed by atoms with Crippen molar-refractivity contribution in [2.75, 3.05) is 0 Å². The van der Waals surface area contributed by atoms with Gasteiger partial charge in [0.05, 0.1) is 6.20 Å². The summed E-state index contributed by atoms with van der Waals surface area (Å²) in [6.07, 6.45) is 5.50. The Hall–Kier alpha value is -2.42. The van der Waals surface area contributed by atoms with E-state index in [0.717, 1.165) is 12.8 Å². The van der Waals surface area contributed by atoms with Gasteiger partial charge in [-0.2, -0.15) is 0 Å². The zero-order chi connectivity index (χ0) is 13.2. The lowest BCUT2D eigenvalue weighted by molar-refractivity contribution is 0.940. The number of nitrogens with zero attached hydrogens (tertiary/aromatic N) is 2. The minimum atomic E-state index is 1.13. The first-order chi connectivity index (χ1) is 9.45. The summed E-state index contributed by atoms with van der Waals surface area (Å²) in [7, 11) is 0. The third-order valence-corrected chi connectivity index (χ3v) is 2.72. The number of benzene rings is 2. The van der Waals surface area contributed by atoms with Gasteiger partial charge >= 0.3 is 0 Å². The molecule has 3 aromatic rings. The van der Waals surface area contributed by atoms with Crippen molar-refractivity contribution < 1.29 is 0 Å². The van der Waals surface area contributed by atoms with Gasteiger partial charge in [-0.15, -0.1) is 5.10 Å². The molecule has 3 heteroatoms. The molecule has 0 bridgehead atoms. The summed E-state index contributed by atoms with van der Waals surface area (Å²) in [5.41, 5.74) is 2.83. The molecule has 0 aliphatic heterocycles. The van der Waals surface area contributed by atoms with Crippen LogP contribution in [-0.4, -0.2) is 15.4 Å². The standard InChI is InChI=1S/C14H14.C2H3N3/c1-3-7-13(8-4-1)11-12-14-9-5-2-6-10-14;1-2-4-5-3-1/h1-10H,11-12H2;1-2H,(H,3,4,5). The van der Waals surface area contributed by atoms with E-state index in [1.807, 2.05) is 0 Å². The van der Waals surface area contributed by atoms with Gasteiger partial charge in [0.25, 0.3) is 0 Å². The van der Waals surface area contributed by atoms with Crippen LogP contribution < -0.4 is 0 Å². The molecule has 0 saturated carbocycles. The first kappa shape index (κ1) is 13.0. The van der Waals surface area contributed by atoms with Crippen molar-refractivity contribution in [2.24, 2.45) is 0 Å². The summed E-state index contributed by atoms with van der Waals surface area (Å²) in [6.45, 7) is 0. The normalized spacial score (nSPS) is 9.47. The highest BCUT2D eigenvalue weighted by molar-refractivity contribution is 5.19. The molecule has 1 aromatic heterocycles. The van der Waals surface area contributed by atoms with Gasteiger partial charge < -0.3 is 0 Å². The Balaban J connectivity index is 0.000000224. The molecular formula is C16H17N3. The topological polar surface area (TPSA) is 41.6 Å². The van der Waals surface area contributed by atoms with Crippen LogP contribution in [0.4, 0.5) is 0 Å². The van der Waals surface area contributed by atoms with Crippen LogP contribution in [0, 0.1) is 0 Å². The van der Waals surface area contributed by atoms with E-state index in [1.54, 1.807) is 12.4 Å². The Labute approximate surface area is 113 Å². The van der Waals surface area contributed by atoms with E-state index >= 15 is 0 Å². The van der Waals surface area contributed by atoms with Gasteiger partial charge in [0.1, 0.15) is 0 Å². The van der Waals surface area contributed by atoms with E-state index in [1.165, 1.54) is 11.1 Å². The van der Waals surface area contributed by atoms with E-state index in [9.17, 15) is 0 Å². The Morgan fingerprint density at radius 2 is 1.26 bits per heavy atom. The number of aromatic nitrogens is 3. The quantitative estimate of drug-likeness (QED) is 0.776. The van der Waals surface area contributed by atoms with Crippen LogP contribution in [0.1, 0.15) is 11.1 Å². The van der Waals surface area contributed by atoms with Crippen LogP contribution in [0.15, 0.2) is 73.1 Å². The molecular weight excluding hydrogens is 234 g/mol. The van der Waals surface area contributed by atoms with Crippen LogP contribution in [0.25, 0.3) is 0 Å². The second-order valence-electron chi connectivity index (χ2n) is 4.13.